The van der Waals surface area contributed by atoms with Gasteiger partial charge < -0.3 is 9.88 Å². The van der Waals surface area contributed by atoms with E-state index in [4.69, 9.17) is 4.98 Å². The van der Waals surface area contributed by atoms with E-state index in [1.807, 2.05) is 72.2 Å². The summed E-state index contributed by atoms with van der Waals surface area (Å²) in [5.41, 5.74) is 3.69. The van der Waals surface area contributed by atoms with Crippen LogP contribution >= 0.6 is 11.8 Å². The van der Waals surface area contributed by atoms with Gasteiger partial charge in [-0.3, -0.25) is 9.69 Å². The molecule has 5 rings (SSSR count). The van der Waals surface area contributed by atoms with Crippen LogP contribution in [0.15, 0.2) is 65.8 Å². The second-order valence-corrected chi connectivity index (χ2v) is 9.28. The molecule has 3 heterocycles. The van der Waals surface area contributed by atoms with Crippen LogP contribution in [0.4, 0.5) is 4.79 Å². The van der Waals surface area contributed by atoms with Crippen LogP contribution in [0, 0.1) is 0 Å². The molecule has 2 aromatic carbocycles. The van der Waals surface area contributed by atoms with Gasteiger partial charge in [0.25, 0.3) is 0 Å². The molecular weight excluding hydrogens is 448 g/mol. The van der Waals surface area contributed by atoms with Crippen molar-refractivity contribution < 1.29 is 9.59 Å². The minimum Gasteiger partial charge on any atom is -0.336 e. The zero-order valence-electron chi connectivity index (χ0n) is 18.9. The first-order valence-electron chi connectivity index (χ1n) is 11.2. The van der Waals surface area contributed by atoms with Crippen molar-refractivity contribution in [3.8, 4) is 22.6 Å². The molecular formula is C25H24N6O2S. The maximum Gasteiger partial charge on any atom is 0.324 e. The van der Waals surface area contributed by atoms with Crippen molar-refractivity contribution in [1.82, 2.24) is 30.0 Å². The molecule has 2 aromatic heterocycles. The van der Waals surface area contributed by atoms with Crippen molar-refractivity contribution in [3.05, 3.63) is 60.7 Å². The number of nitrogens with zero attached hydrogens (tertiary/aromatic N) is 5. The van der Waals surface area contributed by atoms with Crippen molar-refractivity contribution in [1.29, 1.82) is 0 Å². The molecule has 0 spiro atoms. The molecule has 0 radical (unpaired) electrons. The summed E-state index contributed by atoms with van der Waals surface area (Å²) in [5.74, 6) is 0.493. The number of para-hydroxylation sites is 1. The number of carbonyl (C=O) groups excluding carboxylic acids is 2. The van der Waals surface area contributed by atoms with E-state index in [-0.39, 0.29) is 11.9 Å². The van der Waals surface area contributed by atoms with Gasteiger partial charge in [0.1, 0.15) is 0 Å². The fourth-order valence-electron chi connectivity index (χ4n) is 4.09. The van der Waals surface area contributed by atoms with Gasteiger partial charge in [-0.1, -0.05) is 60.3 Å². The molecule has 0 saturated carbocycles. The van der Waals surface area contributed by atoms with Crippen LogP contribution in [0.25, 0.3) is 33.5 Å². The Morgan fingerprint density at radius 1 is 1.12 bits per heavy atom. The van der Waals surface area contributed by atoms with E-state index in [1.165, 1.54) is 16.7 Å². The largest absolute Gasteiger partial charge is 0.336 e. The number of amides is 3. The van der Waals surface area contributed by atoms with Gasteiger partial charge in [-0.15, -0.1) is 10.2 Å². The molecule has 172 valence electrons. The third-order valence-corrected chi connectivity index (χ3v) is 6.88. The van der Waals surface area contributed by atoms with Crippen LogP contribution in [0.5, 0.6) is 0 Å². The lowest BCUT2D eigenvalue weighted by molar-refractivity contribution is -0.126. The van der Waals surface area contributed by atoms with E-state index >= 15 is 0 Å². The van der Waals surface area contributed by atoms with Crippen LogP contribution in [0.3, 0.4) is 0 Å². The SMILES string of the molecule is CCn1c(SC(C)C(=O)N2CCNC2=O)nnc1-c1cc(-c2ccccc2)nc2ccccc12. The van der Waals surface area contributed by atoms with Gasteiger partial charge in [0.05, 0.1) is 16.5 Å². The second kappa shape index (κ2) is 9.26. The summed E-state index contributed by atoms with van der Waals surface area (Å²) in [5, 5.41) is 12.8. The number of rotatable bonds is 6. The minimum absolute atomic E-state index is 0.229. The Bertz CT molecular complexity index is 1370. The topological polar surface area (TPSA) is 93.0 Å². The van der Waals surface area contributed by atoms with Crippen LogP contribution in [0.2, 0.25) is 0 Å². The van der Waals surface area contributed by atoms with E-state index in [1.54, 1.807) is 6.92 Å². The highest BCUT2D eigenvalue weighted by atomic mass is 32.2. The fraction of sp³-hybridized carbons (Fsp3) is 0.240. The third-order valence-electron chi connectivity index (χ3n) is 5.81. The number of aromatic nitrogens is 4. The number of thioether (sulfide) groups is 1. The number of urea groups is 1. The van der Waals surface area contributed by atoms with Gasteiger partial charge in [-0.2, -0.15) is 0 Å². The molecule has 8 nitrogen and oxygen atoms in total. The van der Waals surface area contributed by atoms with E-state index < -0.39 is 5.25 Å². The van der Waals surface area contributed by atoms with Gasteiger partial charge >= 0.3 is 6.03 Å². The summed E-state index contributed by atoms with van der Waals surface area (Å²) in [7, 11) is 0. The van der Waals surface area contributed by atoms with Crippen LogP contribution in [-0.4, -0.2) is 54.9 Å². The molecule has 1 unspecified atom stereocenters. The molecule has 1 saturated heterocycles. The quantitative estimate of drug-likeness (QED) is 0.423. The van der Waals surface area contributed by atoms with Gasteiger partial charge in [-0.25, -0.2) is 9.78 Å². The molecule has 0 bridgehead atoms. The summed E-state index contributed by atoms with van der Waals surface area (Å²) < 4.78 is 2.01. The zero-order chi connectivity index (χ0) is 23.7. The summed E-state index contributed by atoms with van der Waals surface area (Å²) >= 11 is 1.32. The molecule has 1 fully saturated rings. The highest BCUT2D eigenvalue weighted by Crippen LogP contribution is 2.34. The molecule has 4 aromatic rings. The van der Waals surface area contributed by atoms with Gasteiger partial charge in [0.2, 0.25) is 5.91 Å². The first kappa shape index (κ1) is 22.1. The molecule has 1 aliphatic heterocycles. The number of fused-ring (bicyclic) bond motifs is 1. The summed E-state index contributed by atoms with van der Waals surface area (Å²) in [6.07, 6.45) is 0. The lowest BCUT2D eigenvalue weighted by Crippen LogP contribution is -2.39. The Balaban J connectivity index is 1.54. The predicted molar refractivity (Wildman–Crippen MR) is 132 cm³/mol. The number of hydrogen-bond donors (Lipinski definition) is 1. The Morgan fingerprint density at radius 3 is 2.62 bits per heavy atom. The van der Waals surface area contributed by atoms with Crippen LogP contribution in [-0.2, 0) is 11.3 Å². The van der Waals surface area contributed by atoms with Crippen molar-refractivity contribution in [2.24, 2.45) is 0 Å². The summed E-state index contributed by atoms with van der Waals surface area (Å²) in [4.78, 5) is 30.8. The highest BCUT2D eigenvalue weighted by Gasteiger charge is 2.31. The maximum absolute atomic E-state index is 12.8. The minimum atomic E-state index is -0.472. The first-order chi connectivity index (χ1) is 16.6. The van der Waals surface area contributed by atoms with Gasteiger partial charge in [-0.05, 0) is 26.0 Å². The molecule has 3 amide bonds. The first-order valence-corrected chi connectivity index (χ1v) is 12.1. The van der Waals surface area contributed by atoms with Gasteiger partial charge in [0.15, 0.2) is 11.0 Å². The standard InChI is InChI=1S/C25H24N6O2S/c1-3-30-22(28-29-25(30)34-16(2)23(32)31-14-13-26-24(31)33)19-15-21(17-9-5-4-6-10-17)27-20-12-8-7-11-18(19)20/h4-12,15-16H,3,13-14H2,1-2H3,(H,26,33). The Labute approximate surface area is 201 Å². The normalized spacial score (nSPS) is 14.4. The number of benzene rings is 2. The van der Waals surface area contributed by atoms with E-state index in [9.17, 15) is 9.59 Å². The van der Waals surface area contributed by atoms with E-state index in [0.29, 0.717) is 24.8 Å². The number of hydrogen-bond acceptors (Lipinski definition) is 6. The summed E-state index contributed by atoms with van der Waals surface area (Å²) in [6.45, 7) is 5.32. The van der Waals surface area contributed by atoms with Crippen molar-refractivity contribution in [2.75, 3.05) is 13.1 Å². The lowest BCUT2D eigenvalue weighted by atomic mass is 10.0. The molecule has 1 aliphatic rings. The molecule has 1 atom stereocenters. The van der Waals surface area contributed by atoms with Gasteiger partial charge in [0, 0.05) is 36.1 Å². The number of pyridine rings is 1. The van der Waals surface area contributed by atoms with Crippen molar-refractivity contribution in [3.63, 3.8) is 0 Å². The average Bonchev–Trinajstić information content (AvgIpc) is 3.48. The van der Waals surface area contributed by atoms with Crippen molar-refractivity contribution in [2.45, 2.75) is 30.8 Å². The second-order valence-electron chi connectivity index (χ2n) is 7.97. The average molecular weight is 473 g/mol. The molecule has 0 aliphatic carbocycles. The monoisotopic (exact) mass is 472 g/mol. The molecule has 9 heteroatoms. The predicted octanol–water partition coefficient (Wildman–Crippen LogP) is 4.21. The Hall–Kier alpha value is -3.72. The Kier molecular flexibility index (Phi) is 6.02. The van der Waals surface area contributed by atoms with E-state index in [0.717, 1.165) is 33.5 Å². The number of imide groups is 1. The Morgan fingerprint density at radius 2 is 1.88 bits per heavy atom. The highest BCUT2D eigenvalue weighted by molar-refractivity contribution is 8.00. The van der Waals surface area contributed by atoms with Crippen LogP contribution < -0.4 is 5.32 Å². The zero-order valence-corrected chi connectivity index (χ0v) is 19.7. The third kappa shape index (κ3) is 4.03. The molecule has 34 heavy (non-hydrogen) atoms. The van der Waals surface area contributed by atoms with E-state index in [2.05, 4.69) is 15.5 Å². The number of carbonyl (C=O) groups is 2. The fourth-order valence-corrected chi connectivity index (χ4v) is 5.06. The van der Waals surface area contributed by atoms with Crippen LogP contribution in [0.1, 0.15) is 13.8 Å². The van der Waals surface area contributed by atoms with Crippen molar-refractivity contribution >= 4 is 34.6 Å². The summed E-state index contributed by atoms with van der Waals surface area (Å²) in [6, 6.07) is 19.7. The smallest absolute Gasteiger partial charge is 0.324 e. The maximum atomic E-state index is 12.8. The lowest BCUT2D eigenvalue weighted by Gasteiger charge is -2.17. The molecule has 1 N–H and O–H groups in total. The number of nitrogens with one attached hydrogen (secondary N) is 1.